The Morgan fingerprint density at radius 1 is 1.31 bits per heavy atom. The van der Waals surface area contributed by atoms with Gasteiger partial charge in [-0.15, -0.1) is 16.8 Å². The van der Waals surface area contributed by atoms with E-state index in [4.69, 9.17) is 9.47 Å². The van der Waals surface area contributed by atoms with Crippen LogP contribution in [0.4, 0.5) is 5.69 Å². The Kier molecular flexibility index (Phi) is 5.59. The molecule has 148 valence electrons. The maximum atomic E-state index is 9.92. The minimum atomic E-state index is -0.570. The van der Waals surface area contributed by atoms with Crippen LogP contribution >= 0.6 is 27.7 Å². The van der Waals surface area contributed by atoms with E-state index < -0.39 is 6.23 Å². The summed E-state index contributed by atoms with van der Waals surface area (Å²) < 4.78 is 12.3. The molecule has 0 fully saturated rings. The summed E-state index contributed by atoms with van der Waals surface area (Å²) in [5, 5.41) is 22.4. The lowest BCUT2D eigenvalue weighted by Crippen LogP contribution is -2.17. The molecule has 2 heterocycles. The molecule has 1 atom stereocenters. The van der Waals surface area contributed by atoms with Crippen LogP contribution < -0.4 is 14.8 Å². The monoisotopic (exact) mass is 472 g/mol. The van der Waals surface area contributed by atoms with Gasteiger partial charge in [-0.3, -0.25) is 0 Å². The molecular weight excluding hydrogens is 456 g/mol. The minimum Gasteiger partial charge on any atom is -0.504 e. The smallest absolute Gasteiger partial charge is 0.247 e. The molecular formula is C20H17BrN4O3S. The molecule has 2 aromatic carbocycles. The Balaban J connectivity index is 1.82. The zero-order chi connectivity index (χ0) is 20.4. The molecule has 0 amide bonds. The Morgan fingerprint density at radius 3 is 2.97 bits per heavy atom. The number of ether oxygens (including phenoxy) is 2. The first kappa shape index (κ1) is 19.5. The molecule has 0 radical (unpaired) electrons. The molecule has 1 aliphatic rings. The number of hydrogen-bond donors (Lipinski definition) is 2. The van der Waals surface area contributed by atoms with Crippen LogP contribution in [0, 0.1) is 0 Å². The van der Waals surface area contributed by atoms with E-state index >= 15 is 0 Å². The van der Waals surface area contributed by atoms with Crippen LogP contribution in [0.3, 0.4) is 0 Å². The van der Waals surface area contributed by atoms with Crippen molar-refractivity contribution in [3.63, 3.8) is 0 Å². The SMILES string of the molecule is C=CCSc1nnc2c(n1)O[C@@H](c1ccc(O)c(OC)c1)Nc1ccc(Br)cc1-2. The van der Waals surface area contributed by atoms with Gasteiger partial charge >= 0.3 is 0 Å². The zero-order valence-corrected chi connectivity index (χ0v) is 17.8. The van der Waals surface area contributed by atoms with Gasteiger partial charge in [0.05, 0.1) is 7.11 Å². The molecule has 0 saturated heterocycles. The van der Waals surface area contributed by atoms with Crippen LogP contribution in [0.5, 0.6) is 17.4 Å². The molecule has 29 heavy (non-hydrogen) atoms. The molecule has 0 bridgehead atoms. The second kappa shape index (κ2) is 8.30. The minimum absolute atomic E-state index is 0.0571. The standard InChI is InChI=1S/C20H17BrN4O3S/c1-3-8-29-20-23-19-17(24-25-20)13-10-12(21)5-6-14(13)22-18(28-19)11-4-7-15(26)16(9-11)27-2/h3-7,9-10,18,22,26H,1,8H2,2H3/t18-/m0/s1. The zero-order valence-electron chi connectivity index (χ0n) is 15.4. The quantitative estimate of drug-likeness (QED) is 0.404. The van der Waals surface area contributed by atoms with Gasteiger partial charge in [-0.25, -0.2) is 0 Å². The fourth-order valence-corrected chi connectivity index (χ4v) is 3.75. The molecule has 0 aliphatic carbocycles. The van der Waals surface area contributed by atoms with E-state index in [1.807, 2.05) is 18.2 Å². The van der Waals surface area contributed by atoms with Gasteiger partial charge < -0.3 is 19.9 Å². The molecule has 1 aromatic heterocycles. The largest absolute Gasteiger partial charge is 0.504 e. The molecule has 0 spiro atoms. The second-order valence-corrected chi connectivity index (χ2v) is 8.01. The third-order valence-electron chi connectivity index (χ3n) is 4.22. The van der Waals surface area contributed by atoms with Gasteiger partial charge in [0, 0.05) is 27.0 Å². The van der Waals surface area contributed by atoms with Crippen molar-refractivity contribution >= 4 is 33.4 Å². The summed E-state index contributed by atoms with van der Waals surface area (Å²) in [6, 6.07) is 10.9. The maximum absolute atomic E-state index is 9.92. The highest BCUT2D eigenvalue weighted by Crippen LogP contribution is 2.41. The van der Waals surface area contributed by atoms with E-state index in [-0.39, 0.29) is 5.75 Å². The number of phenols is 1. The number of phenolic OH excluding ortho intramolecular Hbond substituents is 1. The summed E-state index contributed by atoms with van der Waals surface area (Å²) in [6.07, 6.45) is 1.21. The third kappa shape index (κ3) is 4.01. The number of thioether (sulfide) groups is 1. The van der Waals surface area contributed by atoms with Gasteiger partial charge in [-0.05, 0) is 36.4 Å². The number of nitrogens with zero attached hydrogens (tertiary/aromatic N) is 3. The van der Waals surface area contributed by atoms with Crippen molar-refractivity contribution in [3.05, 3.63) is 59.1 Å². The van der Waals surface area contributed by atoms with Crippen LogP contribution in [-0.4, -0.2) is 33.2 Å². The fraction of sp³-hybridized carbons (Fsp3) is 0.150. The van der Waals surface area contributed by atoms with Gasteiger partial charge in [0.2, 0.25) is 11.0 Å². The van der Waals surface area contributed by atoms with Crippen LogP contribution in [0.15, 0.2) is 58.7 Å². The Labute approximate surface area is 180 Å². The number of methoxy groups -OCH3 is 1. The number of benzene rings is 2. The van der Waals surface area contributed by atoms with Crippen LogP contribution in [0.25, 0.3) is 11.3 Å². The highest BCUT2D eigenvalue weighted by molar-refractivity contribution is 9.10. The summed E-state index contributed by atoms with van der Waals surface area (Å²) in [6.45, 7) is 3.72. The lowest BCUT2D eigenvalue weighted by atomic mass is 10.1. The van der Waals surface area contributed by atoms with E-state index in [0.717, 1.165) is 21.3 Å². The third-order valence-corrected chi connectivity index (χ3v) is 5.55. The first-order valence-corrected chi connectivity index (χ1v) is 10.5. The number of aromatic hydroxyl groups is 1. The lowest BCUT2D eigenvalue weighted by Gasteiger charge is -2.20. The molecule has 4 rings (SSSR count). The second-order valence-electron chi connectivity index (χ2n) is 6.11. The Morgan fingerprint density at radius 2 is 2.17 bits per heavy atom. The number of aromatic nitrogens is 3. The van der Waals surface area contributed by atoms with Crippen molar-refractivity contribution in [3.8, 4) is 28.6 Å². The van der Waals surface area contributed by atoms with Crippen molar-refractivity contribution < 1.29 is 14.6 Å². The van der Waals surface area contributed by atoms with Crippen LogP contribution in [-0.2, 0) is 0 Å². The van der Waals surface area contributed by atoms with Crippen molar-refractivity contribution in [2.75, 3.05) is 18.2 Å². The average Bonchev–Trinajstić information content (AvgIpc) is 2.88. The Bertz CT molecular complexity index is 1080. The average molecular weight is 473 g/mol. The Hall–Kier alpha value is -2.78. The summed E-state index contributed by atoms with van der Waals surface area (Å²) in [7, 11) is 1.50. The number of nitrogens with one attached hydrogen (secondary N) is 1. The fourth-order valence-electron chi connectivity index (χ4n) is 2.87. The van der Waals surface area contributed by atoms with Crippen molar-refractivity contribution in [1.82, 2.24) is 15.2 Å². The van der Waals surface area contributed by atoms with Gasteiger partial charge in [-0.1, -0.05) is 33.8 Å². The van der Waals surface area contributed by atoms with Gasteiger partial charge in [0.25, 0.3) is 0 Å². The number of rotatable bonds is 5. The highest BCUT2D eigenvalue weighted by Gasteiger charge is 2.27. The highest BCUT2D eigenvalue weighted by atomic mass is 79.9. The van der Waals surface area contributed by atoms with E-state index in [1.54, 1.807) is 24.3 Å². The molecule has 1 aliphatic heterocycles. The number of anilines is 1. The van der Waals surface area contributed by atoms with E-state index in [1.165, 1.54) is 18.9 Å². The molecule has 9 heteroatoms. The van der Waals surface area contributed by atoms with Gasteiger partial charge in [0.1, 0.15) is 0 Å². The molecule has 0 unspecified atom stereocenters. The van der Waals surface area contributed by atoms with E-state index in [9.17, 15) is 5.11 Å². The molecule has 2 N–H and O–H groups in total. The van der Waals surface area contributed by atoms with Gasteiger partial charge in [-0.2, -0.15) is 4.98 Å². The molecule has 3 aromatic rings. The maximum Gasteiger partial charge on any atom is 0.247 e. The van der Waals surface area contributed by atoms with Crippen molar-refractivity contribution in [1.29, 1.82) is 0 Å². The first-order valence-electron chi connectivity index (χ1n) is 8.67. The topological polar surface area (TPSA) is 89.4 Å². The number of halogens is 1. The summed E-state index contributed by atoms with van der Waals surface area (Å²) in [5.74, 6) is 1.45. The molecule has 7 nitrogen and oxygen atoms in total. The predicted octanol–water partition coefficient (Wildman–Crippen LogP) is 4.80. The van der Waals surface area contributed by atoms with Crippen LogP contribution in [0.1, 0.15) is 11.8 Å². The van der Waals surface area contributed by atoms with E-state index in [0.29, 0.717) is 28.2 Å². The van der Waals surface area contributed by atoms with Crippen molar-refractivity contribution in [2.24, 2.45) is 0 Å². The van der Waals surface area contributed by atoms with Crippen LogP contribution in [0.2, 0.25) is 0 Å². The first-order chi connectivity index (χ1) is 14.1. The van der Waals surface area contributed by atoms with Crippen molar-refractivity contribution in [2.45, 2.75) is 11.4 Å². The normalized spacial score (nSPS) is 14.6. The van der Waals surface area contributed by atoms with Gasteiger partial charge in [0.15, 0.2) is 23.4 Å². The summed E-state index contributed by atoms with van der Waals surface area (Å²) >= 11 is 4.93. The predicted molar refractivity (Wildman–Crippen MR) is 116 cm³/mol. The summed E-state index contributed by atoms with van der Waals surface area (Å²) in [4.78, 5) is 4.56. The number of fused-ring (bicyclic) bond motifs is 3. The number of hydrogen-bond acceptors (Lipinski definition) is 8. The molecule has 0 saturated carbocycles. The van der Waals surface area contributed by atoms with E-state index in [2.05, 4.69) is 43.0 Å². The summed E-state index contributed by atoms with van der Waals surface area (Å²) in [5.41, 5.74) is 2.96. The lowest BCUT2D eigenvalue weighted by molar-refractivity contribution is 0.224.